The van der Waals surface area contributed by atoms with Gasteiger partial charge < -0.3 is 15.1 Å². The van der Waals surface area contributed by atoms with E-state index in [1.54, 1.807) is 0 Å². The first-order valence-corrected chi connectivity index (χ1v) is 11.1. The van der Waals surface area contributed by atoms with Crippen LogP contribution in [-0.2, 0) is 9.59 Å². The van der Waals surface area contributed by atoms with E-state index in [4.69, 9.17) is 0 Å². The Balaban J connectivity index is 1.37. The molecule has 1 atom stereocenters. The number of nitrogens with one attached hydrogen (secondary N) is 1. The first-order valence-electron chi connectivity index (χ1n) is 11.1. The molecule has 3 saturated heterocycles. The summed E-state index contributed by atoms with van der Waals surface area (Å²) in [4.78, 5) is 31.5. The lowest BCUT2D eigenvalue weighted by atomic mass is 9.84. The van der Waals surface area contributed by atoms with Gasteiger partial charge in [0.25, 0.3) is 0 Å². The summed E-state index contributed by atoms with van der Waals surface area (Å²) in [5.41, 5.74) is 0. The van der Waals surface area contributed by atoms with Crippen molar-refractivity contribution in [3.8, 4) is 0 Å². The van der Waals surface area contributed by atoms with Gasteiger partial charge in [-0.2, -0.15) is 0 Å². The molecular formula is C21H38N4O2. The summed E-state index contributed by atoms with van der Waals surface area (Å²) in [6, 6.07) is 0. The van der Waals surface area contributed by atoms with Crippen molar-refractivity contribution < 1.29 is 9.59 Å². The van der Waals surface area contributed by atoms with Crippen LogP contribution < -0.4 is 5.32 Å². The average molecular weight is 379 g/mol. The first kappa shape index (κ1) is 20.6. The van der Waals surface area contributed by atoms with Crippen LogP contribution in [0.5, 0.6) is 0 Å². The summed E-state index contributed by atoms with van der Waals surface area (Å²) in [6.45, 7) is 9.98. The molecule has 0 aromatic rings. The molecule has 6 nitrogen and oxygen atoms in total. The highest BCUT2D eigenvalue weighted by molar-refractivity contribution is 5.78. The van der Waals surface area contributed by atoms with Crippen molar-refractivity contribution in [2.45, 2.75) is 51.9 Å². The van der Waals surface area contributed by atoms with Gasteiger partial charge in [-0.15, -0.1) is 0 Å². The predicted octanol–water partition coefficient (Wildman–Crippen LogP) is 1.56. The summed E-state index contributed by atoms with van der Waals surface area (Å²) in [7, 11) is 0. The molecule has 0 saturated carbocycles. The molecule has 0 aromatic carbocycles. The van der Waals surface area contributed by atoms with Gasteiger partial charge in [-0.05, 0) is 50.6 Å². The Morgan fingerprint density at radius 2 is 1.44 bits per heavy atom. The number of nitrogens with zero attached hydrogens (tertiary/aromatic N) is 3. The molecule has 3 heterocycles. The van der Waals surface area contributed by atoms with E-state index in [0.29, 0.717) is 30.7 Å². The van der Waals surface area contributed by atoms with Crippen molar-refractivity contribution in [2.24, 2.45) is 11.8 Å². The minimum atomic E-state index is 0.274. The zero-order valence-electron chi connectivity index (χ0n) is 17.1. The zero-order chi connectivity index (χ0) is 19.1. The van der Waals surface area contributed by atoms with Crippen molar-refractivity contribution >= 4 is 11.8 Å². The standard InChI is InChI=1S/C21H38N4O2/c1-18(19-6-8-22-9-7-19)16-20(26)25-14-12-23(13-15-25)17-21(27)24-10-4-2-3-5-11-24/h18-19,22H,2-17H2,1H3. The van der Waals surface area contributed by atoms with Crippen molar-refractivity contribution in [1.82, 2.24) is 20.0 Å². The van der Waals surface area contributed by atoms with E-state index < -0.39 is 0 Å². The van der Waals surface area contributed by atoms with Gasteiger partial charge in [0.15, 0.2) is 0 Å². The third kappa shape index (κ3) is 6.18. The van der Waals surface area contributed by atoms with Crippen LogP contribution in [0, 0.1) is 11.8 Å². The Kier molecular flexibility index (Phi) is 7.94. The highest BCUT2D eigenvalue weighted by Gasteiger charge is 2.27. The fourth-order valence-corrected chi connectivity index (χ4v) is 4.75. The highest BCUT2D eigenvalue weighted by Crippen LogP contribution is 2.25. The molecule has 27 heavy (non-hydrogen) atoms. The van der Waals surface area contributed by atoms with E-state index in [9.17, 15) is 9.59 Å². The van der Waals surface area contributed by atoms with Crippen LogP contribution in [0.25, 0.3) is 0 Å². The van der Waals surface area contributed by atoms with E-state index in [1.807, 2.05) is 9.80 Å². The minimum Gasteiger partial charge on any atom is -0.342 e. The van der Waals surface area contributed by atoms with E-state index in [0.717, 1.165) is 65.2 Å². The Morgan fingerprint density at radius 3 is 2.07 bits per heavy atom. The monoisotopic (exact) mass is 378 g/mol. The summed E-state index contributed by atoms with van der Waals surface area (Å²) >= 11 is 0. The lowest BCUT2D eigenvalue weighted by molar-refractivity contribution is -0.136. The molecule has 2 amide bonds. The minimum absolute atomic E-state index is 0.274. The van der Waals surface area contributed by atoms with Crippen LogP contribution in [0.15, 0.2) is 0 Å². The molecule has 1 N–H and O–H groups in total. The van der Waals surface area contributed by atoms with Gasteiger partial charge in [-0.25, -0.2) is 0 Å². The van der Waals surface area contributed by atoms with Gasteiger partial charge >= 0.3 is 0 Å². The van der Waals surface area contributed by atoms with Crippen LogP contribution in [-0.4, -0.2) is 85.4 Å². The molecule has 3 fully saturated rings. The van der Waals surface area contributed by atoms with Crippen LogP contribution >= 0.6 is 0 Å². The normalized spacial score (nSPS) is 24.5. The second-order valence-corrected chi connectivity index (χ2v) is 8.72. The molecule has 0 spiro atoms. The van der Waals surface area contributed by atoms with Crippen LogP contribution in [0.3, 0.4) is 0 Å². The largest absolute Gasteiger partial charge is 0.342 e. The zero-order valence-corrected chi connectivity index (χ0v) is 17.1. The fraction of sp³-hybridized carbons (Fsp3) is 0.905. The molecular weight excluding hydrogens is 340 g/mol. The second kappa shape index (κ2) is 10.4. The van der Waals surface area contributed by atoms with Gasteiger partial charge in [-0.1, -0.05) is 19.8 Å². The third-order valence-corrected chi connectivity index (χ3v) is 6.73. The molecule has 0 radical (unpaired) electrons. The Bertz CT molecular complexity index is 477. The maximum atomic E-state index is 12.7. The molecule has 154 valence electrons. The predicted molar refractivity (Wildman–Crippen MR) is 107 cm³/mol. The van der Waals surface area contributed by atoms with Gasteiger partial charge in [0.2, 0.25) is 11.8 Å². The number of carbonyl (C=O) groups is 2. The molecule has 3 aliphatic rings. The molecule has 0 bridgehead atoms. The molecule has 3 aliphatic heterocycles. The van der Waals surface area contributed by atoms with Gasteiger partial charge in [0, 0.05) is 45.7 Å². The number of amides is 2. The smallest absolute Gasteiger partial charge is 0.236 e. The number of carbonyl (C=O) groups excluding carboxylic acids is 2. The van der Waals surface area contributed by atoms with E-state index in [2.05, 4.69) is 17.1 Å². The van der Waals surface area contributed by atoms with Crippen LogP contribution in [0.1, 0.15) is 51.9 Å². The van der Waals surface area contributed by atoms with Crippen molar-refractivity contribution in [1.29, 1.82) is 0 Å². The van der Waals surface area contributed by atoms with Crippen molar-refractivity contribution in [2.75, 3.05) is 58.9 Å². The lowest BCUT2D eigenvalue weighted by Crippen LogP contribution is -2.52. The first-order chi connectivity index (χ1) is 13.1. The third-order valence-electron chi connectivity index (χ3n) is 6.73. The highest BCUT2D eigenvalue weighted by atomic mass is 16.2. The van der Waals surface area contributed by atoms with Crippen molar-refractivity contribution in [3.05, 3.63) is 0 Å². The van der Waals surface area contributed by atoms with Gasteiger partial charge in [-0.3, -0.25) is 14.5 Å². The summed E-state index contributed by atoms with van der Waals surface area (Å²) in [6.07, 6.45) is 7.85. The summed E-state index contributed by atoms with van der Waals surface area (Å²) < 4.78 is 0. The number of piperazine rings is 1. The maximum absolute atomic E-state index is 12.7. The average Bonchev–Trinajstić information content (AvgIpc) is 2.99. The SMILES string of the molecule is CC(CC(=O)N1CCN(CC(=O)N2CCCCCC2)CC1)C1CCNCC1. The molecule has 0 aromatic heterocycles. The Hall–Kier alpha value is -1.14. The Morgan fingerprint density at radius 1 is 0.852 bits per heavy atom. The van der Waals surface area contributed by atoms with Gasteiger partial charge in [0.05, 0.1) is 6.54 Å². The summed E-state index contributed by atoms with van der Waals surface area (Å²) in [5, 5.41) is 3.40. The lowest BCUT2D eigenvalue weighted by Gasteiger charge is -2.36. The maximum Gasteiger partial charge on any atom is 0.236 e. The Labute approximate surface area is 164 Å². The number of piperidine rings is 1. The quantitative estimate of drug-likeness (QED) is 0.789. The molecule has 0 aliphatic carbocycles. The number of hydrogen-bond donors (Lipinski definition) is 1. The molecule has 1 unspecified atom stereocenters. The van der Waals surface area contributed by atoms with E-state index >= 15 is 0 Å². The number of hydrogen-bond acceptors (Lipinski definition) is 4. The second-order valence-electron chi connectivity index (χ2n) is 8.72. The van der Waals surface area contributed by atoms with Crippen LogP contribution in [0.2, 0.25) is 0 Å². The van der Waals surface area contributed by atoms with Gasteiger partial charge in [0.1, 0.15) is 0 Å². The molecule has 6 heteroatoms. The fourth-order valence-electron chi connectivity index (χ4n) is 4.75. The van der Waals surface area contributed by atoms with E-state index in [1.165, 1.54) is 25.7 Å². The number of rotatable bonds is 5. The topological polar surface area (TPSA) is 55.9 Å². The number of likely N-dealkylation sites (tertiary alicyclic amines) is 1. The van der Waals surface area contributed by atoms with Crippen LogP contribution in [0.4, 0.5) is 0 Å². The summed E-state index contributed by atoms with van der Waals surface area (Å²) in [5.74, 6) is 1.74. The molecule has 3 rings (SSSR count). The van der Waals surface area contributed by atoms with E-state index in [-0.39, 0.29) is 5.91 Å². The van der Waals surface area contributed by atoms with Crippen molar-refractivity contribution in [3.63, 3.8) is 0 Å².